The molecular weight excluding hydrogens is 407 g/mol. The first-order chi connectivity index (χ1) is 14.9. The maximum Gasteiger partial charge on any atom is 0.416 e. The molecule has 1 N–H and O–H groups in total. The predicted molar refractivity (Wildman–Crippen MR) is 110 cm³/mol. The van der Waals surface area contributed by atoms with Gasteiger partial charge in [0.1, 0.15) is 0 Å². The van der Waals surface area contributed by atoms with Gasteiger partial charge < -0.3 is 10.2 Å². The van der Waals surface area contributed by atoms with E-state index in [1.54, 1.807) is 12.4 Å². The van der Waals surface area contributed by atoms with Gasteiger partial charge in [0.25, 0.3) is 0 Å². The van der Waals surface area contributed by atoms with E-state index in [4.69, 9.17) is 0 Å². The first-order valence-electron chi connectivity index (χ1n) is 9.87. The largest absolute Gasteiger partial charge is 0.416 e. The molecule has 1 fully saturated rings. The summed E-state index contributed by atoms with van der Waals surface area (Å²) in [5.74, 6) is 0.00438. The number of rotatable bonds is 4. The molecule has 1 amide bonds. The van der Waals surface area contributed by atoms with Crippen molar-refractivity contribution < 1.29 is 18.0 Å². The van der Waals surface area contributed by atoms with Crippen molar-refractivity contribution >= 4 is 17.4 Å². The van der Waals surface area contributed by atoms with Crippen molar-refractivity contribution in [1.29, 1.82) is 0 Å². The number of halogens is 3. The lowest BCUT2D eigenvalue weighted by atomic mass is 9.97. The zero-order chi connectivity index (χ0) is 21.8. The molecule has 1 aliphatic rings. The highest BCUT2D eigenvalue weighted by Gasteiger charge is 2.31. The summed E-state index contributed by atoms with van der Waals surface area (Å²) in [5.41, 5.74) is 0.978. The summed E-state index contributed by atoms with van der Waals surface area (Å²) < 4.78 is 38.7. The number of benzene rings is 1. The van der Waals surface area contributed by atoms with Gasteiger partial charge >= 0.3 is 6.18 Å². The van der Waals surface area contributed by atoms with E-state index < -0.39 is 11.7 Å². The van der Waals surface area contributed by atoms with Gasteiger partial charge in [-0.1, -0.05) is 6.07 Å². The van der Waals surface area contributed by atoms with Gasteiger partial charge in [0, 0.05) is 36.7 Å². The zero-order valence-corrected chi connectivity index (χ0v) is 16.5. The molecule has 3 aromatic rings. The average Bonchev–Trinajstić information content (AvgIpc) is 2.79. The molecule has 160 valence electrons. The molecule has 4 rings (SSSR count). The molecule has 1 aromatic carbocycles. The molecule has 31 heavy (non-hydrogen) atoms. The van der Waals surface area contributed by atoms with Gasteiger partial charge in [0.15, 0.2) is 5.82 Å². The van der Waals surface area contributed by atoms with Gasteiger partial charge in [-0.25, -0.2) is 0 Å². The fraction of sp³-hybridized carbons (Fsp3) is 0.273. The van der Waals surface area contributed by atoms with Crippen LogP contribution < -0.4 is 10.2 Å². The Morgan fingerprint density at radius 3 is 2.58 bits per heavy atom. The summed E-state index contributed by atoms with van der Waals surface area (Å²) in [7, 11) is 0. The van der Waals surface area contributed by atoms with Crippen molar-refractivity contribution in [3.8, 4) is 11.3 Å². The summed E-state index contributed by atoms with van der Waals surface area (Å²) in [6.07, 6.45) is 0.341. The van der Waals surface area contributed by atoms with Crippen molar-refractivity contribution in [3.05, 3.63) is 66.5 Å². The molecule has 0 bridgehead atoms. The van der Waals surface area contributed by atoms with Gasteiger partial charge in [-0.15, -0.1) is 10.2 Å². The highest BCUT2D eigenvalue weighted by Crippen LogP contribution is 2.31. The number of anilines is 2. The molecule has 1 saturated heterocycles. The Balaban J connectivity index is 1.42. The lowest BCUT2D eigenvalue weighted by Crippen LogP contribution is -2.41. The van der Waals surface area contributed by atoms with E-state index in [1.165, 1.54) is 12.1 Å². The van der Waals surface area contributed by atoms with Gasteiger partial charge in [-0.05, 0) is 55.3 Å². The number of aromatic nitrogens is 3. The maximum atomic E-state index is 12.9. The number of carbonyl (C=O) groups excluding carboxylic acids is 1. The van der Waals surface area contributed by atoms with Crippen LogP contribution in [0.1, 0.15) is 18.4 Å². The van der Waals surface area contributed by atoms with Crippen LogP contribution in [0, 0.1) is 5.92 Å². The van der Waals surface area contributed by atoms with Gasteiger partial charge in [-0.3, -0.25) is 9.78 Å². The lowest BCUT2D eigenvalue weighted by molar-refractivity contribution is -0.137. The third kappa shape index (κ3) is 4.99. The Hall–Kier alpha value is -3.49. The lowest BCUT2D eigenvalue weighted by Gasteiger charge is -2.32. The SMILES string of the molecule is O=C(Nc1cccc(C(F)(F)F)c1)C1CCCN(c2ccc(-c3ccncc3)nn2)C1. The number of hydrogen-bond donors (Lipinski definition) is 1. The first kappa shape index (κ1) is 20.8. The van der Waals surface area contributed by atoms with Crippen LogP contribution in [0.4, 0.5) is 24.7 Å². The van der Waals surface area contributed by atoms with Crippen LogP contribution in [0.2, 0.25) is 0 Å². The Kier molecular flexibility index (Phi) is 5.83. The molecule has 1 atom stereocenters. The van der Waals surface area contributed by atoms with Crippen LogP contribution in [-0.4, -0.2) is 34.2 Å². The van der Waals surface area contributed by atoms with E-state index >= 15 is 0 Å². The van der Waals surface area contributed by atoms with Gasteiger partial charge in [0.05, 0.1) is 17.2 Å². The molecule has 0 aliphatic carbocycles. The summed E-state index contributed by atoms with van der Waals surface area (Å²) in [6, 6.07) is 12.1. The predicted octanol–water partition coefficient (Wildman–Crippen LogP) is 4.41. The molecule has 1 unspecified atom stereocenters. The molecule has 0 radical (unpaired) electrons. The first-order valence-corrected chi connectivity index (χ1v) is 9.87. The van der Waals surface area contributed by atoms with Crippen molar-refractivity contribution in [3.63, 3.8) is 0 Å². The van der Waals surface area contributed by atoms with Crippen LogP contribution in [0.3, 0.4) is 0 Å². The number of amides is 1. The minimum absolute atomic E-state index is 0.137. The normalized spacial score (nSPS) is 16.7. The number of nitrogens with one attached hydrogen (secondary N) is 1. The fourth-order valence-corrected chi connectivity index (χ4v) is 3.59. The number of alkyl halides is 3. The molecule has 6 nitrogen and oxygen atoms in total. The van der Waals surface area contributed by atoms with Crippen molar-refractivity contribution in [2.24, 2.45) is 5.92 Å². The zero-order valence-electron chi connectivity index (χ0n) is 16.5. The summed E-state index contributed by atoms with van der Waals surface area (Å²) >= 11 is 0. The quantitative estimate of drug-likeness (QED) is 0.668. The Morgan fingerprint density at radius 2 is 1.87 bits per heavy atom. The number of carbonyl (C=O) groups is 1. The Bertz CT molecular complexity index is 1040. The maximum absolute atomic E-state index is 12.9. The second kappa shape index (κ2) is 8.71. The standard InChI is InChI=1S/C22H20F3N5O/c23-22(24,25)17-4-1-5-18(13-17)27-21(31)16-3-2-12-30(14-16)20-7-6-19(28-29-20)15-8-10-26-11-9-15/h1,4-11,13,16H,2-3,12,14H2,(H,27,31). The summed E-state index contributed by atoms with van der Waals surface area (Å²) in [4.78, 5) is 18.6. The van der Waals surface area contributed by atoms with E-state index in [9.17, 15) is 18.0 Å². The molecular formula is C22H20F3N5O. The number of piperidine rings is 1. The van der Waals surface area contributed by atoms with E-state index in [1.807, 2.05) is 29.2 Å². The van der Waals surface area contributed by atoms with Crippen molar-refractivity contribution in [2.45, 2.75) is 19.0 Å². The minimum Gasteiger partial charge on any atom is -0.354 e. The Labute approximate surface area is 177 Å². The van der Waals surface area contributed by atoms with Crippen LogP contribution in [-0.2, 0) is 11.0 Å². The smallest absolute Gasteiger partial charge is 0.354 e. The molecule has 1 aliphatic heterocycles. The topological polar surface area (TPSA) is 71.0 Å². The third-order valence-electron chi connectivity index (χ3n) is 5.20. The highest BCUT2D eigenvalue weighted by molar-refractivity contribution is 5.93. The molecule has 0 saturated carbocycles. The highest BCUT2D eigenvalue weighted by atomic mass is 19.4. The van der Waals surface area contributed by atoms with E-state index in [0.717, 1.165) is 36.4 Å². The Morgan fingerprint density at radius 1 is 1.06 bits per heavy atom. The van der Waals surface area contributed by atoms with Crippen LogP contribution in [0.5, 0.6) is 0 Å². The van der Waals surface area contributed by atoms with Crippen LogP contribution in [0.15, 0.2) is 60.9 Å². The third-order valence-corrected chi connectivity index (χ3v) is 5.20. The van der Waals surface area contributed by atoms with Crippen LogP contribution >= 0.6 is 0 Å². The van der Waals surface area contributed by atoms with Gasteiger partial charge in [-0.2, -0.15) is 13.2 Å². The second-order valence-electron chi connectivity index (χ2n) is 7.37. The molecule has 0 spiro atoms. The average molecular weight is 427 g/mol. The number of hydrogen-bond acceptors (Lipinski definition) is 5. The van der Waals surface area contributed by atoms with Gasteiger partial charge in [0.2, 0.25) is 5.91 Å². The van der Waals surface area contributed by atoms with E-state index in [0.29, 0.717) is 18.8 Å². The summed E-state index contributed by atoms with van der Waals surface area (Å²) in [5, 5.41) is 11.2. The molecule has 3 heterocycles. The fourth-order valence-electron chi connectivity index (χ4n) is 3.59. The monoisotopic (exact) mass is 427 g/mol. The number of nitrogens with zero attached hydrogens (tertiary/aromatic N) is 4. The molecule has 9 heteroatoms. The second-order valence-corrected chi connectivity index (χ2v) is 7.37. The van der Waals surface area contributed by atoms with Crippen molar-refractivity contribution in [1.82, 2.24) is 15.2 Å². The minimum atomic E-state index is -4.45. The van der Waals surface area contributed by atoms with E-state index in [2.05, 4.69) is 20.5 Å². The molecule has 2 aromatic heterocycles. The summed E-state index contributed by atoms with van der Waals surface area (Å²) in [6.45, 7) is 1.16. The van der Waals surface area contributed by atoms with Crippen molar-refractivity contribution in [2.75, 3.05) is 23.3 Å². The van der Waals surface area contributed by atoms with Crippen LogP contribution in [0.25, 0.3) is 11.3 Å². The number of pyridine rings is 1. The van der Waals surface area contributed by atoms with E-state index in [-0.39, 0.29) is 17.5 Å².